The zero-order valence-electron chi connectivity index (χ0n) is 16.1. The van der Waals surface area contributed by atoms with E-state index in [0.29, 0.717) is 0 Å². The van der Waals surface area contributed by atoms with Crippen molar-refractivity contribution in [3.05, 3.63) is 58.7 Å². The molecule has 0 saturated carbocycles. The molecule has 2 atom stereocenters. The van der Waals surface area contributed by atoms with E-state index in [9.17, 15) is 9.59 Å². The molecule has 0 radical (unpaired) electrons. The van der Waals surface area contributed by atoms with Crippen molar-refractivity contribution in [3.63, 3.8) is 0 Å². The molecule has 2 unspecified atom stereocenters. The van der Waals surface area contributed by atoms with Gasteiger partial charge in [0, 0.05) is 35.7 Å². The van der Waals surface area contributed by atoms with Crippen LogP contribution < -0.4 is 10.6 Å². The van der Waals surface area contributed by atoms with Crippen LogP contribution in [0.3, 0.4) is 0 Å². The number of hydrogen-bond acceptors (Lipinski definition) is 4. The van der Waals surface area contributed by atoms with E-state index < -0.39 is 0 Å². The van der Waals surface area contributed by atoms with Gasteiger partial charge in [-0.05, 0) is 72.2 Å². The molecular weight excluding hydrogens is 388 g/mol. The van der Waals surface area contributed by atoms with Crippen LogP contribution in [-0.4, -0.2) is 23.9 Å². The summed E-state index contributed by atoms with van der Waals surface area (Å²) in [6.07, 6.45) is 3.68. The van der Waals surface area contributed by atoms with E-state index in [4.69, 9.17) is 0 Å². The van der Waals surface area contributed by atoms with Gasteiger partial charge >= 0.3 is 0 Å². The van der Waals surface area contributed by atoms with Gasteiger partial charge in [-0.1, -0.05) is 33.7 Å². The highest BCUT2D eigenvalue weighted by Crippen LogP contribution is 2.40. The zero-order valence-corrected chi connectivity index (χ0v) is 17.7. The average molecular weight is 413 g/mol. The maximum Gasteiger partial charge on any atom is 0.217 e. The summed E-state index contributed by atoms with van der Waals surface area (Å²) < 4.78 is 0. The molecule has 2 N–H and O–H groups in total. The molecule has 28 heavy (non-hydrogen) atoms. The Bertz CT molecular complexity index is 853. The van der Waals surface area contributed by atoms with Gasteiger partial charge in [-0.3, -0.25) is 9.59 Å². The fourth-order valence-electron chi connectivity index (χ4n) is 4.17. The Hall–Kier alpha value is -1.92. The van der Waals surface area contributed by atoms with Gasteiger partial charge in [0.1, 0.15) is 0 Å². The number of rotatable bonds is 5. The quantitative estimate of drug-likeness (QED) is 0.736. The first-order chi connectivity index (χ1) is 13.5. The lowest BCUT2D eigenvalue weighted by atomic mass is 10.1. The fraction of sp³-hybridized carbons (Fsp3) is 0.364. The third-order valence-corrected chi connectivity index (χ3v) is 7.65. The lowest BCUT2D eigenvalue weighted by molar-refractivity contribution is -0.120. The monoisotopic (exact) mass is 412 g/mol. The molecule has 2 aromatic carbocycles. The minimum atomic E-state index is 0.0420. The molecule has 0 heterocycles. The van der Waals surface area contributed by atoms with Crippen LogP contribution in [0, 0.1) is 0 Å². The molecule has 2 aliphatic carbocycles. The Labute approximate surface area is 173 Å². The normalized spacial score (nSPS) is 19.8. The summed E-state index contributed by atoms with van der Waals surface area (Å²) in [7, 11) is 3.54. The van der Waals surface area contributed by atoms with E-state index >= 15 is 0 Å². The van der Waals surface area contributed by atoms with Crippen molar-refractivity contribution in [1.82, 2.24) is 10.6 Å². The predicted octanol–water partition coefficient (Wildman–Crippen LogP) is 3.69. The van der Waals surface area contributed by atoms with Crippen LogP contribution in [0.1, 0.15) is 36.1 Å². The summed E-state index contributed by atoms with van der Waals surface area (Å²) in [6, 6.07) is 13.7. The zero-order chi connectivity index (χ0) is 19.7. The Morgan fingerprint density at radius 1 is 0.714 bits per heavy atom. The standard InChI is InChI=1S/C22H24N2O2S2/c1-13(25)23-19-7-15-3-5-21(11-17(15)9-19)27-28-22-6-4-16-8-20(24-14(2)26)10-18(16)12-22/h3-6,11-12,19-20H,7-10H2,1-2H3,(H,23,25)(H,24,26). The summed E-state index contributed by atoms with van der Waals surface area (Å²) in [5.74, 6) is 0.0839. The van der Waals surface area contributed by atoms with Crippen molar-refractivity contribution in [2.75, 3.05) is 0 Å². The Balaban J connectivity index is 1.37. The molecule has 4 nitrogen and oxygen atoms in total. The van der Waals surface area contributed by atoms with Gasteiger partial charge in [0.05, 0.1) is 0 Å². The Kier molecular flexibility index (Phi) is 5.69. The second-order valence-electron chi connectivity index (χ2n) is 7.64. The molecule has 4 rings (SSSR count). The molecule has 2 aromatic rings. The third-order valence-electron chi connectivity index (χ3n) is 5.27. The van der Waals surface area contributed by atoms with E-state index in [1.165, 1.54) is 32.0 Å². The van der Waals surface area contributed by atoms with Crippen molar-refractivity contribution >= 4 is 33.4 Å². The smallest absolute Gasteiger partial charge is 0.217 e. The fourth-order valence-corrected chi connectivity index (χ4v) is 6.19. The van der Waals surface area contributed by atoms with E-state index in [1.807, 2.05) is 0 Å². The predicted molar refractivity (Wildman–Crippen MR) is 115 cm³/mol. The molecule has 0 saturated heterocycles. The molecule has 0 bridgehead atoms. The van der Waals surface area contributed by atoms with Gasteiger partial charge in [-0.15, -0.1) is 0 Å². The van der Waals surface area contributed by atoms with Crippen molar-refractivity contribution in [2.45, 2.75) is 61.4 Å². The van der Waals surface area contributed by atoms with E-state index in [0.717, 1.165) is 25.7 Å². The van der Waals surface area contributed by atoms with Crippen LogP contribution in [0.25, 0.3) is 0 Å². The molecule has 0 aromatic heterocycles. The lowest BCUT2D eigenvalue weighted by Gasteiger charge is -2.08. The van der Waals surface area contributed by atoms with Crippen LogP contribution >= 0.6 is 21.6 Å². The highest BCUT2D eigenvalue weighted by molar-refractivity contribution is 8.76. The van der Waals surface area contributed by atoms with Crippen LogP contribution in [0.5, 0.6) is 0 Å². The molecule has 6 heteroatoms. The molecule has 2 amide bonds. The van der Waals surface area contributed by atoms with Crippen LogP contribution in [-0.2, 0) is 35.3 Å². The topological polar surface area (TPSA) is 58.2 Å². The number of carbonyl (C=O) groups excluding carboxylic acids is 2. The molecule has 0 aliphatic heterocycles. The number of fused-ring (bicyclic) bond motifs is 2. The first-order valence-corrected chi connectivity index (χ1v) is 11.7. The summed E-state index contributed by atoms with van der Waals surface area (Å²) in [5.41, 5.74) is 5.37. The van der Waals surface area contributed by atoms with Gasteiger partial charge in [-0.2, -0.15) is 0 Å². The number of hydrogen-bond donors (Lipinski definition) is 2. The van der Waals surface area contributed by atoms with Gasteiger partial charge in [0.25, 0.3) is 0 Å². The van der Waals surface area contributed by atoms with Gasteiger partial charge in [0.2, 0.25) is 11.8 Å². The minimum absolute atomic E-state index is 0.0420. The first-order valence-electron chi connectivity index (χ1n) is 9.58. The summed E-state index contributed by atoms with van der Waals surface area (Å²) >= 11 is 0. The minimum Gasteiger partial charge on any atom is -0.353 e. The second kappa shape index (κ2) is 8.21. The second-order valence-corrected chi connectivity index (χ2v) is 9.92. The van der Waals surface area contributed by atoms with Crippen molar-refractivity contribution < 1.29 is 9.59 Å². The van der Waals surface area contributed by atoms with Gasteiger partial charge in [-0.25, -0.2) is 0 Å². The summed E-state index contributed by atoms with van der Waals surface area (Å²) in [5, 5.41) is 6.06. The van der Waals surface area contributed by atoms with E-state index in [1.54, 1.807) is 35.4 Å². The van der Waals surface area contributed by atoms with Crippen molar-refractivity contribution in [1.29, 1.82) is 0 Å². The maximum atomic E-state index is 11.3. The number of benzene rings is 2. The van der Waals surface area contributed by atoms with Gasteiger partial charge < -0.3 is 10.6 Å². The molecule has 0 spiro atoms. The summed E-state index contributed by atoms with van der Waals surface area (Å²) in [4.78, 5) is 25.1. The van der Waals surface area contributed by atoms with Gasteiger partial charge in [0.15, 0.2) is 0 Å². The first kappa shape index (κ1) is 19.4. The molecule has 2 aliphatic rings. The highest BCUT2D eigenvalue weighted by Gasteiger charge is 2.23. The molecule has 0 fully saturated rings. The summed E-state index contributed by atoms with van der Waals surface area (Å²) in [6.45, 7) is 3.16. The molecular formula is C22H24N2O2S2. The van der Waals surface area contributed by atoms with Crippen molar-refractivity contribution in [3.8, 4) is 0 Å². The number of amides is 2. The van der Waals surface area contributed by atoms with Crippen LogP contribution in [0.4, 0.5) is 0 Å². The number of nitrogens with one attached hydrogen (secondary N) is 2. The molecule has 146 valence electrons. The maximum absolute atomic E-state index is 11.3. The van der Waals surface area contributed by atoms with E-state index in [2.05, 4.69) is 47.0 Å². The number of carbonyl (C=O) groups is 2. The largest absolute Gasteiger partial charge is 0.353 e. The van der Waals surface area contributed by atoms with E-state index in [-0.39, 0.29) is 23.9 Å². The highest BCUT2D eigenvalue weighted by atomic mass is 33.1. The lowest BCUT2D eigenvalue weighted by Crippen LogP contribution is -2.33. The average Bonchev–Trinajstić information content (AvgIpc) is 3.20. The van der Waals surface area contributed by atoms with Crippen LogP contribution in [0.2, 0.25) is 0 Å². The Morgan fingerprint density at radius 2 is 1.11 bits per heavy atom. The van der Waals surface area contributed by atoms with Crippen molar-refractivity contribution in [2.24, 2.45) is 0 Å². The SMILES string of the molecule is CC(=O)NC1Cc2ccc(SSc3ccc4c(c3)CC(NC(C)=O)C4)cc2C1. The third kappa shape index (κ3) is 4.55. The Morgan fingerprint density at radius 3 is 1.50 bits per heavy atom. The van der Waals surface area contributed by atoms with Crippen LogP contribution in [0.15, 0.2) is 46.2 Å².